The van der Waals surface area contributed by atoms with Crippen LogP contribution in [-0.4, -0.2) is 28.0 Å². The fourth-order valence-corrected chi connectivity index (χ4v) is 5.00. The number of nitrogens with one attached hydrogen (secondary N) is 1. The van der Waals surface area contributed by atoms with Crippen molar-refractivity contribution in [3.63, 3.8) is 0 Å². The van der Waals surface area contributed by atoms with Gasteiger partial charge >= 0.3 is 0 Å². The first kappa shape index (κ1) is 24.3. The van der Waals surface area contributed by atoms with Gasteiger partial charge < -0.3 is 10.1 Å². The predicted molar refractivity (Wildman–Crippen MR) is 131 cm³/mol. The van der Waals surface area contributed by atoms with Gasteiger partial charge in [0, 0.05) is 0 Å². The minimum absolute atomic E-state index is 0.144. The molecule has 0 heterocycles. The second-order valence-electron chi connectivity index (χ2n) is 8.18. The van der Waals surface area contributed by atoms with E-state index >= 15 is 0 Å². The van der Waals surface area contributed by atoms with E-state index < -0.39 is 15.9 Å². The van der Waals surface area contributed by atoms with Crippen molar-refractivity contribution in [2.75, 3.05) is 18.0 Å². The average Bonchev–Trinajstić information content (AvgIpc) is 2.79. The fourth-order valence-electron chi connectivity index (χ4n) is 3.52. The van der Waals surface area contributed by atoms with Gasteiger partial charge in [-0.05, 0) is 74.7 Å². The SMILES string of the molecule is COc1ccc([C@H](C)NC(=O)CN(c2cc(C)ccc2C)S(=O)(=O)c2ccc(C)cc2)cc1. The molecule has 0 bridgehead atoms. The predicted octanol–water partition coefficient (Wildman–Crippen LogP) is 4.69. The molecular formula is C26H30N2O4S. The van der Waals surface area contributed by atoms with E-state index in [-0.39, 0.29) is 17.5 Å². The second-order valence-corrected chi connectivity index (χ2v) is 10.0. The van der Waals surface area contributed by atoms with Crippen molar-refractivity contribution in [2.24, 2.45) is 0 Å². The summed E-state index contributed by atoms with van der Waals surface area (Å²) in [5.41, 5.74) is 4.02. The topological polar surface area (TPSA) is 75.7 Å². The third-order valence-electron chi connectivity index (χ3n) is 5.52. The van der Waals surface area contributed by atoms with E-state index in [1.54, 1.807) is 37.4 Å². The Labute approximate surface area is 196 Å². The maximum Gasteiger partial charge on any atom is 0.264 e. The number of aryl methyl sites for hydroxylation is 3. The lowest BCUT2D eigenvalue weighted by Crippen LogP contribution is -2.42. The van der Waals surface area contributed by atoms with Crippen LogP contribution >= 0.6 is 0 Å². The van der Waals surface area contributed by atoms with E-state index in [1.807, 2.05) is 64.1 Å². The molecule has 0 aliphatic heterocycles. The lowest BCUT2D eigenvalue weighted by molar-refractivity contribution is -0.120. The molecule has 3 aromatic rings. The third-order valence-corrected chi connectivity index (χ3v) is 7.30. The molecule has 6 nitrogen and oxygen atoms in total. The van der Waals surface area contributed by atoms with Crippen molar-refractivity contribution in [2.45, 2.75) is 38.6 Å². The van der Waals surface area contributed by atoms with Crippen molar-refractivity contribution in [1.82, 2.24) is 5.32 Å². The molecule has 33 heavy (non-hydrogen) atoms. The number of anilines is 1. The Hall–Kier alpha value is -3.32. The molecule has 0 aliphatic rings. The van der Waals surface area contributed by atoms with Gasteiger partial charge in [-0.2, -0.15) is 0 Å². The molecule has 1 atom stereocenters. The van der Waals surface area contributed by atoms with Crippen molar-refractivity contribution < 1.29 is 17.9 Å². The normalized spacial score (nSPS) is 12.2. The molecule has 0 unspecified atom stereocenters. The highest BCUT2D eigenvalue weighted by molar-refractivity contribution is 7.92. The number of carbonyl (C=O) groups is 1. The largest absolute Gasteiger partial charge is 0.497 e. The number of sulfonamides is 1. The lowest BCUT2D eigenvalue weighted by Gasteiger charge is -2.27. The second kappa shape index (κ2) is 10.1. The Bertz CT molecular complexity index is 1220. The summed E-state index contributed by atoms with van der Waals surface area (Å²) >= 11 is 0. The van der Waals surface area contributed by atoms with Gasteiger partial charge in [0.05, 0.1) is 23.7 Å². The summed E-state index contributed by atoms with van der Waals surface area (Å²) < 4.78 is 33.6. The quantitative estimate of drug-likeness (QED) is 0.522. The van der Waals surface area contributed by atoms with E-state index in [1.165, 1.54) is 4.31 Å². The Balaban J connectivity index is 1.91. The average molecular weight is 467 g/mol. The van der Waals surface area contributed by atoms with Crippen LogP contribution in [0.15, 0.2) is 71.6 Å². The number of hydrogen-bond donors (Lipinski definition) is 1. The van der Waals surface area contributed by atoms with Crippen LogP contribution in [0.25, 0.3) is 0 Å². The van der Waals surface area contributed by atoms with Gasteiger partial charge in [0.25, 0.3) is 10.0 Å². The summed E-state index contributed by atoms with van der Waals surface area (Å²) in [6.45, 7) is 7.15. The molecule has 0 aromatic heterocycles. The number of rotatable bonds is 8. The summed E-state index contributed by atoms with van der Waals surface area (Å²) in [6.07, 6.45) is 0. The maximum atomic E-state index is 13.6. The molecule has 0 aliphatic carbocycles. The smallest absolute Gasteiger partial charge is 0.264 e. The van der Waals surface area contributed by atoms with Crippen LogP contribution in [0.3, 0.4) is 0 Å². The number of nitrogens with zero attached hydrogens (tertiary/aromatic N) is 1. The molecule has 0 spiro atoms. The molecule has 3 rings (SSSR count). The van der Waals surface area contributed by atoms with Crippen LogP contribution in [0.5, 0.6) is 5.75 Å². The molecule has 0 radical (unpaired) electrons. The van der Waals surface area contributed by atoms with Gasteiger partial charge in [-0.15, -0.1) is 0 Å². The molecule has 3 aromatic carbocycles. The fraction of sp³-hybridized carbons (Fsp3) is 0.269. The van der Waals surface area contributed by atoms with Gasteiger partial charge in [-0.1, -0.05) is 42.0 Å². The van der Waals surface area contributed by atoms with Crippen LogP contribution in [0.2, 0.25) is 0 Å². The molecule has 0 fully saturated rings. The highest BCUT2D eigenvalue weighted by atomic mass is 32.2. The van der Waals surface area contributed by atoms with Crippen LogP contribution in [0.1, 0.15) is 35.2 Å². The summed E-state index contributed by atoms with van der Waals surface area (Å²) in [7, 11) is -2.36. The zero-order chi connectivity index (χ0) is 24.2. The van der Waals surface area contributed by atoms with Crippen molar-refractivity contribution in [3.8, 4) is 5.75 Å². The Kier molecular flexibility index (Phi) is 7.43. The highest BCUT2D eigenvalue weighted by Crippen LogP contribution is 2.28. The summed E-state index contributed by atoms with van der Waals surface area (Å²) in [4.78, 5) is 13.2. The van der Waals surface area contributed by atoms with Crippen LogP contribution in [-0.2, 0) is 14.8 Å². The monoisotopic (exact) mass is 466 g/mol. The van der Waals surface area contributed by atoms with E-state index in [9.17, 15) is 13.2 Å². The lowest BCUT2D eigenvalue weighted by atomic mass is 10.1. The van der Waals surface area contributed by atoms with Crippen molar-refractivity contribution in [3.05, 3.63) is 89.0 Å². The maximum absolute atomic E-state index is 13.6. The third kappa shape index (κ3) is 5.73. The summed E-state index contributed by atoms with van der Waals surface area (Å²) in [6, 6.07) is 19.3. The molecule has 174 valence electrons. The first-order chi connectivity index (χ1) is 15.6. The summed E-state index contributed by atoms with van der Waals surface area (Å²) in [5, 5.41) is 2.91. The number of methoxy groups -OCH3 is 1. The Morgan fingerprint density at radius 2 is 1.55 bits per heavy atom. The Morgan fingerprint density at radius 3 is 2.15 bits per heavy atom. The van der Waals surface area contributed by atoms with Crippen LogP contribution in [0, 0.1) is 20.8 Å². The van der Waals surface area contributed by atoms with Gasteiger partial charge in [0.15, 0.2) is 0 Å². The molecule has 0 saturated carbocycles. The first-order valence-electron chi connectivity index (χ1n) is 10.7. The van der Waals surface area contributed by atoms with Gasteiger partial charge in [0.1, 0.15) is 12.3 Å². The number of amides is 1. The van der Waals surface area contributed by atoms with Gasteiger partial charge in [-0.25, -0.2) is 8.42 Å². The number of carbonyl (C=O) groups excluding carboxylic acids is 1. The van der Waals surface area contributed by atoms with Gasteiger partial charge in [-0.3, -0.25) is 9.10 Å². The highest BCUT2D eigenvalue weighted by Gasteiger charge is 2.29. The number of ether oxygens (including phenoxy) is 1. The minimum Gasteiger partial charge on any atom is -0.497 e. The van der Waals surface area contributed by atoms with Crippen molar-refractivity contribution >= 4 is 21.6 Å². The van der Waals surface area contributed by atoms with E-state index in [4.69, 9.17) is 4.74 Å². The van der Waals surface area contributed by atoms with Gasteiger partial charge in [0.2, 0.25) is 5.91 Å². The molecule has 7 heteroatoms. The zero-order valence-corrected chi connectivity index (χ0v) is 20.4. The first-order valence-corrected chi connectivity index (χ1v) is 12.2. The van der Waals surface area contributed by atoms with Crippen LogP contribution in [0.4, 0.5) is 5.69 Å². The van der Waals surface area contributed by atoms with E-state index in [2.05, 4.69) is 5.32 Å². The summed E-state index contributed by atoms with van der Waals surface area (Å²) in [5.74, 6) is 0.331. The number of hydrogen-bond acceptors (Lipinski definition) is 4. The Morgan fingerprint density at radius 1 is 0.939 bits per heavy atom. The van der Waals surface area contributed by atoms with Crippen LogP contribution < -0.4 is 14.4 Å². The van der Waals surface area contributed by atoms with Crippen molar-refractivity contribution in [1.29, 1.82) is 0 Å². The van der Waals surface area contributed by atoms with E-state index in [0.29, 0.717) is 5.69 Å². The zero-order valence-electron chi connectivity index (χ0n) is 19.6. The molecule has 1 N–H and O–H groups in total. The molecule has 1 amide bonds. The number of benzene rings is 3. The van der Waals surface area contributed by atoms with E-state index in [0.717, 1.165) is 28.0 Å². The minimum atomic E-state index is -3.96. The molecular weight excluding hydrogens is 436 g/mol. The molecule has 0 saturated heterocycles. The standard InChI is InChI=1S/C26H30N2O4S/c1-18-7-14-24(15-8-18)33(30,31)28(25-16-19(2)6-9-20(25)3)17-26(29)27-21(4)22-10-12-23(32-5)13-11-22/h6-16,21H,17H2,1-5H3,(H,27,29)/t21-/m0/s1.